The fraction of sp³-hybridized carbons (Fsp3) is 0.400. The van der Waals surface area contributed by atoms with Crippen LogP contribution in [0.25, 0.3) is 0 Å². The van der Waals surface area contributed by atoms with Crippen molar-refractivity contribution < 1.29 is 9.53 Å². The quantitative estimate of drug-likeness (QED) is 0.509. The van der Waals surface area contributed by atoms with Crippen LogP contribution in [0.4, 0.5) is 0 Å². The van der Waals surface area contributed by atoms with Gasteiger partial charge in [-0.2, -0.15) is 0 Å². The molecule has 0 aliphatic carbocycles. The van der Waals surface area contributed by atoms with Crippen LogP contribution >= 0.6 is 0 Å². The number of carbonyl (C=O) groups excluding carboxylic acids is 1. The molecule has 0 saturated heterocycles. The van der Waals surface area contributed by atoms with Gasteiger partial charge in [-0.15, -0.1) is 0 Å². The summed E-state index contributed by atoms with van der Waals surface area (Å²) in [5.41, 5.74) is 6.11. The Morgan fingerprint density at radius 1 is 1.32 bits per heavy atom. The predicted molar refractivity (Wildman–Crippen MR) is 82.1 cm³/mol. The van der Waals surface area contributed by atoms with E-state index in [0.29, 0.717) is 0 Å². The van der Waals surface area contributed by atoms with Crippen LogP contribution in [-0.4, -0.2) is 27.2 Å². The highest BCUT2D eigenvalue weighted by molar-refractivity contribution is 6.91. The van der Waals surface area contributed by atoms with E-state index >= 15 is 0 Å². The van der Waals surface area contributed by atoms with Crippen molar-refractivity contribution in [2.75, 3.05) is 7.11 Å². The lowest BCUT2D eigenvalue weighted by Crippen LogP contribution is -2.53. The summed E-state index contributed by atoms with van der Waals surface area (Å²) in [5, 5.41) is 1.29. The largest absolute Gasteiger partial charge is 0.468 e. The fourth-order valence-electron chi connectivity index (χ4n) is 2.36. The summed E-state index contributed by atoms with van der Waals surface area (Å²) in [6.45, 7) is 6.41. The van der Waals surface area contributed by atoms with E-state index in [1.165, 1.54) is 12.3 Å². The van der Waals surface area contributed by atoms with Gasteiger partial charge in [0.25, 0.3) is 0 Å². The van der Waals surface area contributed by atoms with E-state index in [1.807, 2.05) is 37.3 Å². The van der Waals surface area contributed by atoms with E-state index in [9.17, 15) is 4.79 Å². The second-order valence-corrected chi connectivity index (χ2v) is 9.88. The molecule has 19 heavy (non-hydrogen) atoms. The topological polar surface area (TPSA) is 52.3 Å². The molecule has 1 rings (SSSR count). The molecule has 0 amide bonds. The normalized spacial score (nSPS) is 15.2. The standard InChI is InChI=1S/C15H23NO2Si/c1-5-9-13(14(16)15(17)18-2)19(3,4)12-10-7-6-8-11-12/h5-11,13-14H,16H2,1-4H3/b9-5+/t13-,14-/m0/s1. The summed E-state index contributed by atoms with van der Waals surface area (Å²) in [6.07, 6.45) is 4.01. The molecule has 0 aliphatic heterocycles. The van der Waals surface area contributed by atoms with E-state index in [0.717, 1.165) is 0 Å². The smallest absolute Gasteiger partial charge is 0.322 e. The van der Waals surface area contributed by atoms with Gasteiger partial charge in [0.1, 0.15) is 6.04 Å². The number of hydrogen-bond acceptors (Lipinski definition) is 3. The molecule has 1 aromatic carbocycles. The van der Waals surface area contributed by atoms with Crippen LogP contribution in [0.3, 0.4) is 0 Å². The maximum absolute atomic E-state index is 11.7. The second kappa shape index (κ2) is 6.68. The number of rotatable bonds is 5. The molecule has 0 radical (unpaired) electrons. The summed E-state index contributed by atoms with van der Waals surface area (Å²) >= 11 is 0. The summed E-state index contributed by atoms with van der Waals surface area (Å²) < 4.78 is 4.79. The first kappa shape index (κ1) is 15.7. The van der Waals surface area contributed by atoms with E-state index < -0.39 is 14.1 Å². The highest BCUT2D eigenvalue weighted by Gasteiger charge is 2.39. The molecule has 0 aromatic heterocycles. The van der Waals surface area contributed by atoms with Crippen molar-refractivity contribution in [1.29, 1.82) is 0 Å². The SMILES string of the molecule is C/C=C/[C@@H]([C@H](N)C(=O)OC)[Si](C)(C)c1ccccc1. The summed E-state index contributed by atoms with van der Waals surface area (Å²) in [7, 11) is -0.504. The molecule has 0 heterocycles. The Bertz CT molecular complexity index is 443. The van der Waals surface area contributed by atoms with Crippen molar-refractivity contribution in [1.82, 2.24) is 0 Å². The molecule has 0 saturated carbocycles. The highest BCUT2D eigenvalue weighted by Crippen LogP contribution is 2.27. The third-order valence-electron chi connectivity index (χ3n) is 3.61. The van der Waals surface area contributed by atoms with Crippen molar-refractivity contribution in [3.05, 3.63) is 42.5 Å². The first-order valence-corrected chi connectivity index (χ1v) is 9.54. The molecule has 2 N–H and O–H groups in total. The van der Waals surface area contributed by atoms with Gasteiger partial charge in [0.15, 0.2) is 0 Å². The van der Waals surface area contributed by atoms with Crippen molar-refractivity contribution >= 4 is 19.2 Å². The van der Waals surface area contributed by atoms with Gasteiger partial charge in [-0.05, 0) is 6.92 Å². The van der Waals surface area contributed by atoms with Crippen LogP contribution < -0.4 is 10.9 Å². The molecule has 1 aromatic rings. The van der Waals surface area contributed by atoms with Gasteiger partial charge in [0, 0.05) is 5.54 Å². The molecule has 3 nitrogen and oxygen atoms in total. The van der Waals surface area contributed by atoms with Crippen LogP contribution in [0.15, 0.2) is 42.5 Å². The predicted octanol–water partition coefficient (Wildman–Crippen LogP) is 2.05. The van der Waals surface area contributed by atoms with Gasteiger partial charge in [0.2, 0.25) is 0 Å². The first-order valence-electron chi connectivity index (χ1n) is 6.47. The van der Waals surface area contributed by atoms with Crippen molar-refractivity contribution in [3.63, 3.8) is 0 Å². The number of ether oxygens (including phenoxy) is 1. The third kappa shape index (κ3) is 3.55. The van der Waals surface area contributed by atoms with Crippen LogP contribution in [-0.2, 0) is 9.53 Å². The third-order valence-corrected chi connectivity index (χ3v) is 7.65. The van der Waals surface area contributed by atoms with Gasteiger partial charge in [-0.25, -0.2) is 0 Å². The Labute approximate surface area is 116 Å². The minimum absolute atomic E-state index is 0.0207. The van der Waals surface area contributed by atoms with E-state index in [2.05, 4.69) is 25.2 Å². The zero-order chi connectivity index (χ0) is 14.5. The molecule has 0 bridgehead atoms. The zero-order valence-electron chi connectivity index (χ0n) is 12.1. The van der Waals surface area contributed by atoms with Crippen molar-refractivity contribution in [2.45, 2.75) is 31.6 Å². The number of allylic oxidation sites excluding steroid dienone is 1. The Morgan fingerprint density at radius 3 is 2.37 bits per heavy atom. The zero-order valence-corrected chi connectivity index (χ0v) is 13.1. The van der Waals surface area contributed by atoms with Gasteiger partial charge in [0.05, 0.1) is 15.2 Å². The minimum Gasteiger partial charge on any atom is -0.468 e. The lowest BCUT2D eigenvalue weighted by molar-refractivity contribution is -0.142. The molecule has 0 unspecified atom stereocenters. The first-order chi connectivity index (χ1) is 8.95. The number of benzene rings is 1. The lowest BCUT2D eigenvalue weighted by Gasteiger charge is -2.33. The lowest BCUT2D eigenvalue weighted by atomic mass is 10.2. The molecular weight excluding hydrogens is 254 g/mol. The Morgan fingerprint density at radius 2 is 1.89 bits per heavy atom. The monoisotopic (exact) mass is 277 g/mol. The van der Waals surface area contributed by atoms with E-state index in [4.69, 9.17) is 10.5 Å². The number of nitrogens with two attached hydrogens (primary N) is 1. The molecule has 2 atom stereocenters. The molecular formula is C15H23NO2Si. The summed E-state index contributed by atoms with van der Waals surface area (Å²) in [6, 6.07) is 9.68. The van der Waals surface area contributed by atoms with Crippen LogP contribution in [0.5, 0.6) is 0 Å². The maximum atomic E-state index is 11.7. The number of esters is 1. The van der Waals surface area contributed by atoms with Crippen molar-refractivity contribution in [2.24, 2.45) is 5.73 Å². The van der Waals surface area contributed by atoms with E-state index in [1.54, 1.807) is 0 Å². The number of hydrogen-bond donors (Lipinski definition) is 1. The van der Waals surface area contributed by atoms with Gasteiger partial charge >= 0.3 is 5.97 Å². The fourth-order valence-corrected chi connectivity index (χ4v) is 5.50. The average Bonchev–Trinajstić information content (AvgIpc) is 2.43. The van der Waals surface area contributed by atoms with E-state index in [-0.39, 0.29) is 11.5 Å². The van der Waals surface area contributed by atoms with Gasteiger partial charge in [-0.1, -0.05) is 60.8 Å². The second-order valence-electron chi connectivity index (χ2n) is 5.19. The maximum Gasteiger partial charge on any atom is 0.322 e. The molecule has 104 valence electrons. The van der Waals surface area contributed by atoms with Gasteiger partial charge in [-0.3, -0.25) is 4.79 Å². The summed E-state index contributed by atoms with van der Waals surface area (Å²) in [4.78, 5) is 11.7. The Balaban J connectivity index is 3.14. The van der Waals surface area contributed by atoms with Gasteiger partial charge < -0.3 is 10.5 Å². The molecule has 0 spiro atoms. The molecule has 4 heteroatoms. The Kier molecular flexibility index (Phi) is 5.51. The van der Waals surface area contributed by atoms with Crippen LogP contribution in [0, 0.1) is 0 Å². The van der Waals surface area contributed by atoms with Crippen LogP contribution in [0.2, 0.25) is 18.6 Å². The highest BCUT2D eigenvalue weighted by atomic mass is 28.3. The molecule has 0 fully saturated rings. The van der Waals surface area contributed by atoms with Crippen LogP contribution in [0.1, 0.15) is 6.92 Å². The van der Waals surface area contributed by atoms with Crippen molar-refractivity contribution in [3.8, 4) is 0 Å². The minimum atomic E-state index is -1.88. The Hall–Kier alpha value is -1.39. The average molecular weight is 277 g/mol. The summed E-state index contributed by atoms with van der Waals surface area (Å²) in [5.74, 6) is -0.348. The number of methoxy groups -OCH3 is 1. The number of carbonyl (C=O) groups is 1. The molecule has 0 aliphatic rings.